The van der Waals surface area contributed by atoms with E-state index in [1.807, 2.05) is 18.7 Å². The van der Waals surface area contributed by atoms with E-state index in [1.54, 1.807) is 24.5 Å². The molecule has 5 nitrogen and oxygen atoms in total. The van der Waals surface area contributed by atoms with Gasteiger partial charge in [0.1, 0.15) is 17.7 Å². The summed E-state index contributed by atoms with van der Waals surface area (Å²) in [4.78, 5) is 16.4. The fraction of sp³-hybridized carbons (Fsp3) is 0.375. The molecule has 0 spiro atoms. The number of carbonyl (C=O) groups excluding carboxylic acids is 1. The van der Waals surface area contributed by atoms with E-state index in [4.69, 9.17) is 0 Å². The number of nitrogens with zero attached hydrogens (tertiary/aromatic N) is 2. The van der Waals surface area contributed by atoms with Crippen LogP contribution in [0.25, 0.3) is 0 Å². The maximum absolute atomic E-state index is 13.5. The van der Waals surface area contributed by atoms with Gasteiger partial charge in [0.25, 0.3) is 0 Å². The van der Waals surface area contributed by atoms with Crippen LogP contribution in [-0.4, -0.2) is 29.1 Å². The second kappa shape index (κ2) is 7.70. The van der Waals surface area contributed by atoms with Gasteiger partial charge in [-0.25, -0.2) is 9.37 Å². The lowest BCUT2D eigenvalue weighted by atomic mass is 10.1. The Balaban J connectivity index is 2.19. The third-order valence-electron chi connectivity index (χ3n) is 3.43. The highest BCUT2D eigenvalue weighted by molar-refractivity contribution is 5.76. The van der Waals surface area contributed by atoms with Crippen molar-refractivity contribution in [2.45, 2.75) is 18.9 Å². The van der Waals surface area contributed by atoms with Gasteiger partial charge in [-0.15, -0.1) is 0 Å². The Morgan fingerprint density at radius 1 is 1.45 bits per heavy atom. The molecule has 1 heterocycles. The van der Waals surface area contributed by atoms with Gasteiger partial charge >= 0.3 is 0 Å². The van der Waals surface area contributed by atoms with Crippen molar-refractivity contribution in [3.63, 3.8) is 0 Å². The van der Waals surface area contributed by atoms with Crippen molar-refractivity contribution < 1.29 is 9.18 Å². The Labute approximate surface area is 129 Å². The first kappa shape index (κ1) is 16.2. The number of carbonyl (C=O) groups is 1. The second-order valence-corrected chi connectivity index (χ2v) is 5.16. The second-order valence-electron chi connectivity index (χ2n) is 5.16. The first-order valence-electron chi connectivity index (χ1n) is 7.28. The first-order chi connectivity index (χ1) is 10.6. The Morgan fingerprint density at radius 3 is 2.91 bits per heavy atom. The topological polar surface area (TPSA) is 59.0 Å². The van der Waals surface area contributed by atoms with Crippen molar-refractivity contribution in [2.24, 2.45) is 7.05 Å². The molecule has 22 heavy (non-hydrogen) atoms. The van der Waals surface area contributed by atoms with Crippen LogP contribution in [0.15, 0.2) is 36.7 Å². The van der Waals surface area contributed by atoms with Crippen LogP contribution in [-0.2, 0) is 11.8 Å². The van der Waals surface area contributed by atoms with Crippen molar-refractivity contribution >= 4 is 5.91 Å². The molecule has 0 bridgehead atoms. The minimum atomic E-state index is -0.460. The molecule has 0 aliphatic heterocycles. The zero-order valence-electron chi connectivity index (χ0n) is 12.8. The molecule has 0 radical (unpaired) electrons. The third kappa shape index (κ3) is 4.14. The summed E-state index contributed by atoms with van der Waals surface area (Å²) < 4.78 is 15.3. The van der Waals surface area contributed by atoms with E-state index in [-0.39, 0.29) is 11.7 Å². The van der Waals surface area contributed by atoms with Gasteiger partial charge in [-0.1, -0.05) is 12.1 Å². The fourth-order valence-corrected chi connectivity index (χ4v) is 2.30. The van der Waals surface area contributed by atoms with Crippen LogP contribution in [0.2, 0.25) is 0 Å². The normalized spacial score (nSPS) is 12.1. The summed E-state index contributed by atoms with van der Waals surface area (Å²) in [6.07, 6.45) is 4.62. The van der Waals surface area contributed by atoms with Crippen molar-refractivity contribution in [3.8, 4) is 0 Å². The van der Waals surface area contributed by atoms with Crippen molar-refractivity contribution in [3.05, 3.63) is 53.9 Å². The van der Waals surface area contributed by atoms with Crippen LogP contribution in [0.3, 0.4) is 0 Å². The number of hydrogen-bond donors (Lipinski definition) is 2. The summed E-state index contributed by atoms with van der Waals surface area (Å²) in [6, 6.07) is 5.77. The smallest absolute Gasteiger partial charge is 0.220 e. The van der Waals surface area contributed by atoms with E-state index < -0.39 is 6.04 Å². The molecular formula is C16H21FN4O. The van der Waals surface area contributed by atoms with Gasteiger partial charge in [0.05, 0.1) is 0 Å². The molecule has 118 valence electrons. The molecule has 0 aliphatic rings. The molecule has 1 aromatic heterocycles. The molecule has 0 saturated carbocycles. The number of hydrogen-bond acceptors (Lipinski definition) is 3. The summed E-state index contributed by atoms with van der Waals surface area (Å²) >= 11 is 0. The minimum Gasteiger partial charge on any atom is -0.342 e. The predicted molar refractivity (Wildman–Crippen MR) is 82.8 cm³/mol. The fourth-order valence-electron chi connectivity index (χ4n) is 2.30. The van der Waals surface area contributed by atoms with E-state index in [9.17, 15) is 9.18 Å². The number of halogens is 1. The number of aryl methyl sites for hydroxylation is 1. The van der Waals surface area contributed by atoms with Crippen molar-refractivity contribution in [1.29, 1.82) is 0 Å². The molecule has 1 amide bonds. The minimum absolute atomic E-state index is 0.0764. The zero-order chi connectivity index (χ0) is 15.9. The lowest BCUT2D eigenvalue weighted by Gasteiger charge is -2.19. The number of benzene rings is 1. The largest absolute Gasteiger partial charge is 0.342 e. The first-order valence-corrected chi connectivity index (χ1v) is 7.28. The molecule has 1 aromatic carbocycles. The molecule has 2 aromatic rings. The maximum Gasteiger partial charge on any atom is 0.220 e. The SMILES string of the molecule is CNCCCC(=O)NC(c1cccc(F)c1)c1nccn1C. The standard InChI is InChI=1S/C16H21FN4O/c1-18-8-4-7-14(22)20-15(16-19-9-10-21(16)2)12-5-3-6-13(17)11-12/h3,5-6,9-11,15,18H,4,7-8H2,1-2H3,(H,20,22). The summed E-state index contributed by atoms with van der Waals surface area (Å²) in [5.74, 6) is 0.265. The lowest BCUT2D eigenvalue weighted by molar-refractivity contribution is -0.121. The van der Waals surface area contributed by atoms with Crippen LogP contribution >= 0.6 is 0 Å². The van der Waals surface area contributed by atoms with E-state index in [0.29, 0.717) is 17.8 Å². The molecule has 0 aliphatic carbocycles. The number of imidazole rings is 1. The average Bonchev–Trinajstić information content (AvgIpc) is 2.91. The number of aromatic nitrogens is 2. The highest BCUT2D eigenvalue weighted by Gasteiger charge is 2.20. The predicted octanol–water partition coefficient (Wildman–Crippen LogP) is 1.76. The third-order valence-corrected chi connectivity index (χ3v) is 3.43. The van der Waals surface area contributed by atoms with Gasteiger partial charge in [-0.2, -0.15) is 0 Å². The van der Waals surface area contributed by atoms with Gasteiger partial charge in [0.15, 0.2) is 0 Å². The highest BCUT2D eigenvalue weighted by Crippen LogP contribution is 2.21. The van der Waals surface area contributed by atoms with Crippen molar-refractivity contribution in [2.75, 3.05) is 13.6 Å². The summed E-state index contributed by atoms with van der Waals surface area (Å²) in [5.41, 5.74) is 0.677. The molecule has 6 heteroatoms. The molecular weight excluding hydrogens is 283 g/mol. The molecule has 1 unspecified atom stereocenters. The van der Waals surface area contributed by atoms with Crippen LogP contribution in [0.4, 0.5) is 4.39 Å². The van der Waals surface area contributed by atoms with Crippen LogP contribution in [0.5, 0.6) is 0 Å². The maximum atomic E-state index is 13.5. The van der Waals surface area contributed by atoms with E-state index in [0.717, 1.165) is 13.0 Å². The summed E-state index contributed by atoms with van der Waals surface area (Å²) in [6.45, 7) is 0.778. The van der Waals surface area contributed by atoms with E-state index in [2.05, 4.69) is 15.6 Å². The number of nitrogens with one attached hydrogen (secondary N) is 2. The van der Waals surface area contributed by atoms with Crippen molar-refractivity contribution in [1.82, 2.24) is 20.2 Å². The van der Waals surface area contributed by atoms with Gasteiger partial charge in [0, 0.05) is 25.9 Å². The Hall–Kier alpha value is -2.21. The Bertz CT molecular complexity index is 626. The average molecular weight is 304 g/mol. The Kier molecular flexibility index (Phi) is 5.66. The number of rotatable bonds is 7. The lowest BCUT2D eigenvalue weighted by Crippen LogP contribution is -2.31. The monoisotopic (exact) mass is 304 g/mol. The van der Waals surface area contributed by atoms with Gasteiger partial charge in [-0.3, -0.25) is 4.79 Å². The molecule has 0 fully saturated rings. The molecule has 1 atom stereocenters. The van der Waals surface area contributed by atoms with Crippen LogP contribution < -0.4 is 10.6 Å². The summed E-state index contributed by atoms with van der Waals surface area (Å²) in [7, 11) is 3.70. The number of amides is 1. The molecule has 2 N–H and O–H groups in total. The molecule has 2 rings (SSSR count). The van der Waals surface area contributed by atoms with Gasteiger partial charge < -0.3 is 15.2 Å². The van der Waals surface area contributed by atoms with Gasteiger partial charge in [0.2, 0.25) is 5.91 Å². The zero-order valence-corrected chi connectivity index (χ0v) is 12.8. The van der Waals surface area contributed by atoms with Crippen LogP contribution in [0, 0.1) is 5.82 Å². The van der Waals surface area contributed by atoms with E-state index >= 15 is 0 Å². The van der Waals surface area contributed by atoms with Gasteiger partial charge in [-0.05, 0) is 37.7 Å². The van der Waals surface area contributed by atoms with Crippen LogP contribution in [0.1, 0.15) is 30.3 Å². The quantitative estimate of drug-likeness (QED) is 0.766. The summed E-state index contributed by atoms with van der Waals surface area (Å²) in [5, 5.41) is 5.95. The molecule has 0 saturated heterocycles. The Morgan fingerprint density at radius 2 is 2.27 bits per heavy atom. The van der Waals surface area contributed by atoms with E-state index in [1.165, 1.54) is 12.1 Å². The highest BCUT2D eigenvalue weighted by atomic mass is 19.1.